The number of nitrogens with two attached hydrogens (primary N) is 1. The SMILES string of the molecule is CCCN(C)C(=O)CN(Cc1ccc(Br)cn1)C(=O)c1ccc2nc(N)c(C)cc2c1. The highest BCUT2D eigenvalue weighted by atomic mass is 79.9. The number of nitrogen functional groups attached to an aromatic ring is 1. The summed E-state index contributed by atoms with van der Waals surface area (Å²) in [4.78, 5) is 38.0. The Labute approximate surface area is 190 Å². The van der Waals surface area contributed by atoms with Crippen molar-refractivity contribution in [2.75, 3.05) is 25.9 Å². The number of aryl methyl sites for hydroxylation is 1. The normalized spacial score (nSPS) is 10.8. The number of pyridine rings is 2. The van der Waals surface area contributed by atoms with E-state index in [2.05, 4.69) is 25.9 Å². The van der Waals surface area contributed by atoms with Crippen molar-refractivity contribution in [3.63, 3.8) is 0 Å². The Morgan fingerprint density at radius 2 is 1.94 bits per heavy atom. The molecule has 0 bridgehead atoms. The molecular weight excluding hydrogens is 458 g/mol. The van der Waals surface area contributed by atoms with Crippen molar-refractivity contribution in [1.82, 2.24) is 19.8 Å². The zero-order chi connectivity index (χ0) is 22.5. The van der Waals surface area contributed by atoms with Gasteiger partial charge in [-0.25, -0.2) is 4.98 Å². The molecule has 7 nitrogen and oxygen atoms in total. The predicted octanol–water partition coefficient (Wildman–Crippen LogP) is 3.79. The van der Waals surface area contributed by atoms with Gasteiger partial charge in [-0.05, 0) is 71.2 Å². The first-order valence-electron chi connectivity index (χ1n) is 10.1. The molecule has 31 heavy (non-hydrogen) atoms. The van der Waals surface area contributed by atoms with Gasteiger partial charge in [0, 0.05) is 35.2 Å². The molecular formula is C23H26BrN5O2. The van der Waals surface area contributed by atoms with Crippen LogP contribution in [0.3, 0.4) is 0 Å². The first-order valence-corrected chi connectivity index (χ1v) is 10.9. The number of carbonyl (C=O) groups is 2. The molecule has 0 aliphatic heterocycles. The van der Waals surface area contributed by atoms with Crippen molar-refractivity contribution in [1.29, 1.82) is 0 Å². The van der Waals surface area contributed by atoms with Gasteiger partial charge in [0.2, 0.25) is 5.91 Å². The fraction of sp³-hybridized carbons (Fsp3) is 0.304. The Balaban J connectivity index is 1.91. The predicted molar refractivity (Wildman–Crippen MR) is 125 cm³/mol. The summed E-state index contributed by atoms with van der Waals surface area (Å²) in [6.07, 6.45) is 2.53. The molecule has 0 aliphatic carbocycles. The van der Waals surface area contributed by atoms with Crippen molar-refractivity contribution >= 4 is 44.5 Å². The highest BCUT2D eigenvalue weighted by molar-refractivity contribution is 9.10. The maximum Gasteiger partial charge on any atom is 0.254 e. The monoisotopic (exact) mass is 483 g/mol. The van der Waals surface area contributed by atoms with E-state index < -0.39 is 0 Å². The smallest absolute Gasteiger partial charge is 0.254 e. The minimum Gasteiger partial charge on any atom is -0.383 e. The first kappa shape index (κ1) is 22.7. The Bertz CT molecular complexity index is 1100. The van der Waals surface area contributed by atoms with E-state index in [4.69, 9.17) is 5.73 Å². The van der Waals surface area contributed by atoms with Crippen LogP contribution >= 0.6 is 15.9 Å². The van der Waals surface area contributed by atoms with Gasteiger partial charge in [0.15, 0.2) is 0 Å². The molecule has 0 saturated carbocycles. The van der Waals surface area contributed by atoms with Crippen LogP contribution in [-0.2, 0) is 11.3 Å². The van der Waals surface area contributed by atoms with Gasteiger partial charge in [-0.1, -0.05) is 6.92 Å². The Morgan fingerprint density at radius 3 is 2.61 bits per heavy atom. The van der Waals surface area contributed by atoms with E-state index in [9.17, 15) is 9.59 Å². The molecule has 0 spiro atoms. The molecule has 8 heteroatoms. The highest BCUT2D eigenvalue weighted by Gasteiger charge is 2.22. The second kappa shape index (κ2) is 9.87. The molecule has 162 valence electrons. The van der Waals surface area contributed by atoms with Crippen LogP contribution in [0.1, 0.15) is 35.0 Å². The number of anilines is 1. The van der Waals surface area contributed by atoms with Gasteiger partial charge in [-0.2, -0.15) is 0 Å². The van der Waals surface area contributed by atoms with E-state index in [-0.39, 0.29) is 24.9 Å². The van der Waals surface area contributed by atoms with Gasteiger partial charge in [0.1, 0.15) is 12.4 Å². The lowest BCUT2D eigenvalue weighted by Gasteiger charge is -2.25. The minimum atomic E-state index is -0.237. The third-order valence-corrected chi connectivity index (χ3v) is 5.50. The summed E-state index contributed by atoms with van der Waals surface area (Å²) >= 11 is 3.37. The molecule has 0 unspecified atom stereocenters. The Kier molecular flexibility index (Phi) is 7.22. The topological polar surface area (TPSA) is 92.4 Å². The van der Waals surface area contributed by atoms with Gasteiger partial charge < -0.3 is 15.5 Å². The van der Waals surface area contributed by atoms with Gasteiger partial charge in [-0.3, -0.25) is 14.6 Å². The van der Waals surface area contributed by atoms with Crippen molar-refractivity contribution in [2.45, 2.75) is 26.8 Å². The number of benzene rings is 1. The number of nitrogens with zero attached hydrogens (tertiary/aromatic N) is 4. The summed E-state index contributed by atoms with van der Waals surface area (Å²) in [5.41, 5.74) is 8.66. The van der Waals surface area contributed by atoms with Crippen LogP contribution < -0.4 is 5.73 Å². The lowest BCUT2D eigenvalue weighted by molar-refractivity contribution is -0.130. The third kappa shape index (κ3) is 5.58. The van der Waals surface area contributed by atoms with E-state index >= 15 is 0 Å². The number of fused-ring (bicyclic) bond motifs is 1. The number of aromatic nitrogens is 2. The molecule has 0 atom stereocenters. The molecule has 3 rings (SSSR count). The zero-order valence-corrected chi connectivity index (χ0v) is 19.5. The molecule has 0 fully saturated rings. The molecule has 0 saturated heterocycles. The largest absolute Gasteiger partial charge is 0.383 e. The second-order valence-corrected chi connectivity index (χ2v) is 8.46. The number of hydrogen-bond donors (Lipinski definition) is 1. The van der Waals surface area contributed by atoms with Gasteiger partial charge >= 0.3 is 0 Å². The maximum atomic E-state index is 13.4. The lowest BCUT2D eigenvalue weighted by atomic mass is 10.1. The summed E-state index contributed by atoms with van der Waals surface area (Å²) < 4.78 is 0.851. The number of halogens is 1. The van der Waals surface area contributed by atoms with Crippen LogP contribution in [0.25, 0.3) is 10.9 Å². The van der Waals surface area contributed by atoms with Gasteiger partial charge in [0.05, 0.1) is 17.8 Å². The number of carbonyl (C=O) groups excluding carboxylic acids is 2. The van der Waals surface area contributed by atoms with E-state index in [1.54, 1.807) is 36.3 Å². The fourth-order valence-electron chi connectivity index (χ4n) is 3.25. The number of amides is 2. The zero-order valence-electron chi connectivity index (χ0n) is 17.9. The summed E-state index contributed by atoms with van der Waals surface area (Å²) in [5.74, 6) is 0.122. The summed E-state index contributed by atoms with van der Waals surface area (Å²) in [7, 11) is 1.75. The van der Waals surface area contributed by atoms with Gasteiger partial charge in [0.25, 0.3) is 5.91 Å². The number of likely N-dealkylation sites (N-methyl/N-ethyl adjacent to an activating group) is 1. The molecule has 0 radical (unpaired) electrons. The van der Waals surface area contributed by atoms with Crippen LogP contribution in [-0.4, -0.2) is 51.7 Å². The highest BCUT2D eigenvalue weighted by Crippen LogP contribution is 2.21. The standard InChI is InChI=1S/C23H26BrN5O2/c1-4-9-28(3)21(30)14-29(13-19-7-6-18(24)12-26-19)23(31)16-5-8-20-17(11-16)10-15(2)22(25)27-20/h5-8,10-12H,4,9,13-14H2,1-3H3,(H2,25,27). The van der Waals surface area contributed by atoms with Crippen LogP contribution in [0.4, 0.5) is 5.82 Å². The first-order chi connectivity index (χ1) is 14.8. The van der Waals surface area contributed by atoms with E-state index in [1.807, 2.05) is 32.0 Å². The Hall–Kier alpha value is -3.00. The second-order valence-electron chi connectivity index (χ2n) is 7.54. The van der Waals surface area contributed by atoms with Crippen molar-refractivity contribution < 1.29 is 9.59 Å². The van der Waals surface area contributed by atoms with Crippen molar-refractivity contribution in [2.24, 2.45) is 0 Å². The van der Waals surface area contributed by atoms with Crippen LogP contribution in [0.5, 0.6) is 0 Å². The molecule has 2 N–H and O–H groups in total. The van der Waals surface area contributed by atoms with E-state index in [1.165, 1.54) is 4.90 Å². The molecule has 2 aromatic heterocycles. The third-order valence-electron chi connectivity index (χ3n) is 5.03. The van der Waals surface area contributed by atoms with Crippen LogP contribution in [0, 0.1) is 6.92 Å². The molecule has 3 aromatic rings. The van der Waals surface area contributed by atoms with E-state index in [0.29, 0.717) is 23.6 Å². The molecule has 2 amide bonds. The van der Waals surface area contributed by atoms with Crippen LogP contribution in [0.2, 0.25) is 0 Å². The minimum absolute atomic E-state index is 0.0237. The van der Waals surface area contributed by atoms with Gasteiger partial charge in [-0.15, -0.1) is 0 Å². The maximum absolute atomic E-state index is 13.4. The van der Waals surface area contributed by atoms with Crippen molar-refractivity contribution in [3.05, 3.63) is 63.9 Å². The number of rotatable bonds is 7. The van der Waals surface area contributed by atoms with E-state index in [0.717, 1.165) is 27.4 Å². The summed E-state index contributed by atoms with van der Waals surface area (Å²) in [6, 6.07) is 10.9. The fourth-order valence-corrected chi connectivity index (χ4v) is 3.49. The quantitative estimate of drug-likeness (QED) is 0.551. The lowest BCUT2D eigenvalue weighted by Crippen LogP contribution is -2.41. The van der Waals surface area contributed by atoms with Crippen LogP contribution in [0.15, 0.2) is 47.1 Å². The number of hydrogen-bond acceptors (Lipinski definition) is 5. The average molecular weight is 484 g/mol. The molecule has 1 aromatic carbocycles. The average Bonchev–Trinajstić information content (AvgIpc) is 2.75. The molecule has 0 aliphatic rings. The summed E-state index contributed by atoms with van der Waals surface area (Å²) in [5, 5.41) is 0.827. The summed E-state index contributed by atoms with van der Waals surface area (Å²) in [6.45, 7) is 4.74. The van der Waals surface area contributed by atoms with Crippen molar-refractivity contribution in [3.8, 4) is 0 Å². The molecule has 2 heterocycles. The Morgan fingerprint density at radius 1 is 1.16 bits per heavy atom.